The first kappa shape index (κ1) is 23.4. The van der Waals surface area contributed by atoms with Crippen LogP contribution >= 0.6 is 0 Å². The van der Waals surface area contributed by atoms with Gasteiger partial charge in [-0.05, 0) is 67.0 Å². The Morgan fingerprint density at radius 1 is 0.909 bits per heavy atom. The molecule has 33 heavy (non-hydrogen) atoms. The molecular weight excluding hydrogens is 416 g/mol. The summed E-state index contributed by atoms with van der Waals surface area (Å²) in [6.45, 7) is 4.64. The minimum absolute atomic E-state index is 0.299. The van der Waals surface area contributed by atoms with Crippen molar-refractivity contribution in [1.82, 2.24) is 9.80 Å². The van der Waals surface area contributed by atoms with Crippen LogP contribution in [0.4, 0.5) is 0 Å². The number of piperidine rings is 1. The van der Waals surface area contributed by atoms with Crippen LogP contribution in [0, 0.1) is 11.8 Å². The second-order valence-electron chi connectivity index (χ2n) is 9.17. The van der Waals surface area contributed by atoms with E-state index in [0.29, 0.717) is 24.2 Å². The summed E-state index contributed by atoms with van der Waals surface area (Å²) in [6.07, 6.45) is 3.62. The van der Waals surface area contributed by atoms with E-state index in [1.807, 2.05) is 24.3 Å². The van der Waals surface area contributed by atoms with E-state index in [4.69, 9.17) is 14.2 Å². The maximum atomic E-state index is 13.0. The summed E-state index contributed by atoms with van der Waals surface area (Å²) in [6, 6.07) is 14.3. The van der Waals surface area contributed by atoms with Crippen molar-refractivity contribution in [2.24, 2.45) is 11.8 Å². The number of likely N-dealkylation sites (tertiary alicyclic amines) is 2. The minimum Gasteiger partial charge on any atom is -0.497 e. The van der Waals surface area contributed by atoms with E-state index in [1.54, 1.807) is 21.3 Å². The molecule has 0 N–H and O–H groups in total. The highest BCUT2D eigenvalue weighted by Gasteiger charge is 2.34. The summed E-state index contributed by atoms with van der Waals surface area (Å²) in [4.78, 5) is 17.7. The van der Waals surface area contributed by atoms with Crippen molar-refractivity contribution in [3.05, 3.63) is 53.6 Å². The van der Waals surface area contributed by atoms with Gasteiger partial charge in [-0.25, -0.2) is 0 Å². The SMILES string of the molecule is COc1ccc(CN2CC[C@H]3CC(=O)N(CCc4cccc(OC)c4OC)CC[C@H]3C2)cc1. The van der Waals surface area contributed by atoms with Crippen molar-refractivity contribution < 1.29 is 19.0 Å². The maximum Gasteiger partial charge on any atom is 0.222 e. The summed E-state index contributed by atoms with van der Waals surface area (Å²) < 4.78 is 16.3. The predicted molar refractivity (Wildman–Crippen MR) is 129 cm³/mol. The predicted octanol–water partition coefficient (Wildman–Crippen LogP) is 4.02. The molecule has 2 fully saturated rings. The third kappa shape index (κ3) is 5.61. The Bertz CT molecular complexity index is 930. The molecule has 6 heteroatoms. The average molecular weight is 453 g/mol. The molecule has 0 bridgehead atoms. The van der Waals surface area contributed by atoms with Gasteiger partial charge in [-0.3, -0.25) is 9.69 Å². The molecule has 0 aromatic heterocycles. The molecular formula is C27H36N2O4. The molecule has 2 saturated heterocycles. The van der Waals surface area contributed by atoms with Gasteiger partial charge in [0.25, 0.3) is 0 Å². The van der Waals surface area contributed by atoms with Crippen molar-refractivity contribution in [2.75, 3.05) is 47.5 Å². The Labute approximate surface area is 197 Å². The van der Waals surface area contributed by atoms with Crippen molar-refractivity contribution in [1.29, 1.82) is 0 Å². The van der Waals surface area contributed by atoms with E-state index in [-0.39, 0.29) is 0 Å². The molecule has 0 saturated carbocycles. The minimum atomic E-state index is 0.299. The number of para-hydroxylation sites is 1. The van der Waals surface area contributed by atoms with Crippen LogP contribution in [-0.2, 0) is 17.8 Å². The van der Waals surface area contributed by atoms with Crippen molar-refractivity contribution in [3.63, 3.8) is 0 Å². The number of carbonyl (C=O) groups excluding carboxylic acids is 1. The lowest BCUT2D eigenvalue weighted by Gasteiger charge is -2.37. The third-order valence-corrected chi connectivity index (χ3v) is 7.24. The van der Waals surface area contributed by atoms with Crippen LogP contribution in [0.5, 0.6) is 17.2 Å². The van der Waals surface area contributed by atoms with Crippen molar-refractivity contribution in [2.45, 2.75) is 32.2 Å². The van der Waals surface area contributed by atoms with Crippen LogP contribution in [0.1, 0.15) is 30.4 Å². The van der Waals surface area contributed by atoms with E-state index >= 15 is 0 Å². The first-order valence-corrected chi connectivity index (χ1v) is 11.9. The van der Waals surface area contributed by atoms with E-state index in [2.05, 4.69) is 28.0 Å². The van der Waals surface area contributed by atoms with Crippen molar-refractivity contribution in [3.8, 4) is 17.2 Å². The lowest BCUT2D eigenvalue weighted by Crippen LogP contribution is -2.40. The Kier molecular flexibility index (Phi) is 7.76. The Balaban J connectivity index is 1.34. The van der Waals surface area contributed by atoms with Crippen LogP contribution in [0.2, 0.25) is 0 Å². The second kappa shape index (κ2) is 10.9. The largest absolute Gasteiger partial charge is 0.497 e. The number of methoxy groups -OCH3 is 3. The van der Waals surface area contributed by atoms with Gasteiger partial charge in [-0.15, -0.1) is 0 Å². The van der Waals surface area contributed by atoms with Gasteiger partial charge in [0.1, 0.15) is 5.75 Å². The molecule has 2 aliphatic rings. The lowest BCUT2D eigenvalue weighted by molar-refractivity contribution is -0.131. The van der Waals surface area contributed by atoms with Gasteiger partial charge in [-0.1, -0.05) is 24.3 Å². The molecule has 1 amide bonds. The number of carbonyl (C=O) groups is 1. The Hall–Kier alpha value is -2.73. The number of rotatable bonds is 8. The summed E-state index contributed by atoms with van der Waals surface area (Å²) in [5.41, 5.74) is 2.39. The van der Waals surface area contributed by atoms with Gasteiger partial charge in [0.05, 0.1) is 21.3 Å². The monoisotopic (exact) mass is 452 g/mol. The topological polar surface area (TPSA) is 51.2 Å². The number of hydrogen-bond acceptors (Lipinski definition) is 5. The fraction of sp³-hybridized carbons (Fsp3) is 0.519. The highest BCUT2D eigenvalue weighted by Crippen LogP contribution is 2.34. The van der Waals surface area contributed by atoms with Gasteiger partial charge in [0.2, 0.25) is 5.91 Å². The fourth-order valence-electron chi connectivity index (χ4n) is 5.33. The molecule has 0 aliphatic carbocycles. The molecule has 0 radical (unpaired) electrons. The lowest BCUT2D eigenvalue weighted by atomic mass is 9.82. The highest BCUT2D eigenvalue weighted by molar-refractivity contribution is 5.76. The number of benzene rings is 2. The zero-order valence-corrected chi connectivity index (χ0v) is 20.1. The standard InChI is InChI=1S/C27H36N2O4/c1-31-24-9-7-20(8-10-24)18-28-14-11-22-17-26(30)29(16-13-23(22)19-28)15-12-21-5-4-6-25(32-2)27(21)33-3/h4-10,22-23H,11-19H2,1-3H3/t22-,23-/m0/s1. The van der Waals surface area contributed by atoms with Gasteiger partial charge in [0, 0.05) is 32.6 Å². The van der Waals surface area contributed by atoms with E-state index in [9.17, 15) is 4.79 Å². The van der Waals surface area contributed by atoms with Crippen LogP contribution < -0.4 is 14.2 Å². The smallest absolute Gasteiger partial charge is 0.222 e. The average Bonchev–Trinajstić information content (AvgIpc) is 3.00. The summed E-state index contributed by atoms with van der Waals surface area (Å²) >= 11 is 0. The molecule has 0 unspecified atom stereocenters. The quantitative estimate of drug-likeness (QED) is 0.606. The van der Waals surface area contributed by atoms with E-state index < -0.39 is 0 Å². The zero-order valence-electron chi connectivity index (χ0n) is 20.1. The van der Waals surface area contributed by atoms with E-state index in [0.717, 1.165) is 74.8 Å². The van der Waals surface area contributed by atoms with Gasteiger partial charge < -0.3 is 19.1 Å². The Morgan fingerprint density at radius 3 is 2.42 bits per heavy atom. The number of fused-ring (bicyclic) bond motifs is 1. The molecule has 4 rings (SSSR count). The normalized spacial score (nSPS) is 21.3. The molecule has 6 nitrogen and oxygen atoms in total. The van der Waals surface area contributed by atoms with Gasteiger partial charge in [-0.2, -0.15) is 0 Å². The summed E-state index contributed by atoms with van der Waals surface area (Å²) in [5, 5.41) is 0. The molecule has 2 aliphatic heterocycles. The van der Waals surface area contributed by atoms with Gasteiger partial charge >= 0.3 is 0 Å². The van der Waals surface area contributed by atoms with Crippen LogP contribution in [0.3, 0.4) is 0 Å². The molecule has 2 atom stereocenters. The molecule has 2 heterocycles. The van der Waals surface area contributed by atoms with Crippen LogP contribution in [-0.4, -0.2) is 63.2 Å². The first-order valence-electron chi connectivity index (χ1n) is 11.9. The zero-order chi connectivity index (χ0) is 23.2. The summed E-state index contributed by atoms with van der Waals surface area (Å²) in [5.74, 6) is 3.78. The Morgan fingerprint density at radius 2 is 1.70 bits per heavy atom. The molecule has 178 valence electrons. The van der Waals surface area contributed by atoms with Crippen molar-refractivity contribution >= 4 is 5.91 Å². The number of amides is 1. The highest BCUT2D eigenvalue weighted by atomic mass is 16.5. The van der Waals surface area contributed by atoms with E-state index in [1.165, 1.54) is 5.56 Å². The third-order valence-electron chi connectivity index (χ3n) is 7.24. The van der Waals surface area contributed by atoms with Gasteiger partial charge in [0.15, 0.2) is 11.5 Å². The first-order chi connectivity index (χ1) is 16.1. The number of hydrogen-bond donors (Lipinski definition) is 0. The molecule has 2 aromatic carbocycles. The second-order valence-corrected chi connectivity index (χ2v) is 9.17. The maximum absolute atomic E-state index is 13.0. The number of ether oxygens (including phenoxy) is 3. The molecule has 0 spiro atoms. The number of nitrogens with zero attached hydrogens (tertiary/aromatic N) is 2. The molecule has 2 aromatic rings. The fourth-order valence-corrected chi connectivity index (χ4v) is 5.33. The van der Waals surface area contributed by atoms with Crippen LogP contribution in [0.25, 0.3) is 0 Å². The van der Waals surface area contributed by atoms with Crippen LogP contribution in [0.15, 0.2) is 42.5 Å². The summed E-state index contributed by atoms with van der Waals surface area (Å²) in [7, 11) is 5.02.